The Morgan fingerprint density at radius 1 is 0.894 bits per heavy atom. The standard InChI is InChI=1S/C37H45N3O6S/c1-37(2,3)46-36(43)39-23-13-21-32(38-47(4,44)45)33(39)25-26-14-12-17-28(24-26)29-18-8-7-16-27(29)15-6-5-11-22-40-34(41)30-19-9-10-20-31(30)35(40)42/h7-10,12,14,16-20,24,32-33,38H,5-6,11,13,15,21-23,25H2,1-4H3. The summed E-state index contributed by atoms with van der Waals surface area (Å²) in [4.78, 5) is 41.7. The monoisotopic (exact) mass is 659 g/mol. The van der Waals surface area contributed by atoms with E-state index in [1.807, 2.05) is 45.0 Å². The van der Waals surface area contributed by atoms with Crippen LogP contribution < -0.4 is 4.72 Å². The maximum Gasteiger partial charge on any atom is 0.410 e. The highest BCUT2D eigenvalue weighted by Gasteiger charge is 2.38. The minimum Gasteiger partial charge on any atom is -0.444 e. The largest absolute Gasteiger partial charge is 0.444 e. The molecule has 2 unspecified atom stereocenters. The van der Waals surface area contributed by atoms with Crippen LogP contribution >= 0.6 is 0 Å². The summed E-state index contributed by atoms with van der Waals surface area (Å²) >= 11 is 0. The number of rotatable bonds is 11. The van der Waals surface area contributed by atoms with Crippen molar-refractivity contribution >= 4 is 27.9 Å². The number of piperidine rings is 1. The van der Waals surface area contributed by atoms with Crippen LogP contribution in [0.4, 0.5) is 4.79 Å². The van der Waals surface area contributed by atoms with Crippen LogP contribution in [0.3, 0.4) is 0 Å². The maximum absolute atomic E-state index is 13.3. The molecule has 0 spiro atoms. The minimum absolute atomic E-state index is 0.211. The van der Waals surface area contributed by atoms with E-state index in [0.29, 0.717) is 43.5 Å². The summed E-state index contributed by atoms with van der Waals surface area (Å²) < 4.78 is 33.0. The number of sulfonamides is 1. The molecule has 2 aliphatic rings. The summed E-state index contributed by atoms with van der Waals surface area (Å²) in [5, 5.41) is 0. The van der Waals surface area contributed by atoms with Crippen LogP contribution in [0.2, 0.25) is 0 Å². The molecular formula is C37H45N3O6S. The average Bonchev–Trinajstić information content (AvgIpc) is 3.25. The van der Waals surface area contributed by atoms with Crippen LogP contribution in [0.15, 0.2) is 72.8 Å². The van der Waals surface area contributed by atoms with E-state index < -0.39 is 33.8 Å². The molecule has 3 amide bonds. The van der Waals surface area contributed by atoms with Crippen LogP contribution in [0, 0.1) is 0 Å². The smallest absolute Gasteiger partial charge is 0.410 e. The van der Waals surface area contributed by atoms with E-state index in [-0.39, 0.29) is 11.8 Å². The minimum atomic E-state index is -3.49. The molecule has 1 N–H and O–H groups in total. The number of hydrogen-bond donors (Lipinski definition) is 1. The zero-order chi connectivity index (χ0) is 33.8. The van der Waals surface area contributed by atoms with E-state index >= 15 is 0 Å². The lowest BCUT2D eigenvalue weighted by Gasteiger charge is -2.41. The average molecular weight is 660 g/mol. The number of likely N-dealkylation sites (tertiary alicyclic amines) is 1. The Morgan fingerprint density at radius 3 is 2.21 bits per heavy atom. The van der Waals surface area contributed by atoms with Crippen molar-refractivity contribution < 1.29 is 27.5 Å². The fourth-order valence-corrected chi connectivity index (χ4v) is 7.43. The van der Waals surface area contributed by atoms with E-state index in [2.05, 4.69) is 29.0 Å². The van der Waals surface area contributed by atoms with Crippen LogP contribution in [-0.4, -0.2) is 73.2 Å². The van der Waals surface area contributed by atoms with Gasteiger partial charge in [-0.3, -0.25) is 14.5 Å². The third-order valence-electron chi connectivity index (χ3n) is 8.68. The number of benzene rings is 3. The van der Waals surface area contributed by atoms with Gasteiger partial charge in [0.2, 0.25) is 10.0 Å². The topological polar surface area (TPSA) is 113 Å². The fourth-order valence-electron chi connectivity index (χ4n) is 6.60. The predicted octanol–water partition coefficient (Wildman–Crippen LogP) is 6.22. The molecular weight excluding hydrogens is 614 g/mol. The molecule has 1 saturated heterocycles. The lowest BCUT2D eigenvalue weighted by molar-refractivity contribution is 0.00590. The Hall–Kier alpha value is -4.02. The van der Waals surface area contributed by atoms with Gasteiger partial charge < -0.3 is 9.64 Å². The Labute approximate surface area is 278 Å². The van der Waals surface area contributed by atoms with Gasteiger partial charge in [-0.25, -0.2) is 17.9 Å². The first-order valence-corrected chi connectivity index (χ1v) is 18.3. The second kappa shape index (κ2) is 14.4. The Balaban J connectivity index is 1.26. The number of imide groups is 1. The molecule has 250 valence electrons. The number of nitrogens with one attached hydrogen (secondary N) is 1. The zero-order valence-electron chi connectivity index (χ0n) is 27.7. The first-order chi connectivity index (χ1) is 22.3. The molecule has 2 aliphatic heterocycles. The number of carbonyl (C=O) groups is 3. The summed E-state index contributed by atoms with van der Waals surface area (Å²) in [6.45, 7) is 6.38. The lowest BCUT2D eigenvalue weighted by atomic mass is 9.89. The van der Waals surface area contributed by atoms with Crippen LogP contribution in [-0.2, 0) is 27.6 Å². The summed E-state index contributed by atoms with van der Waals surface area (Å²) in [5.41, 5.74) is 4.67. The number of nitrogens with zero attached hydrogens (tertiary/aromatic N) is 2. The normalized spacial score (nSPS) is 18.4. The molecule has 3 aromatic carbocycles. The van der Waals surface area contributed by atoms with Crippen molar-refractivity contribution in [3.8, 4) is 11.1 Å². The van der Waals surface area contributed by atoms with Crippen molar-refractivity contribution in [3.63, 3.8) is 0 Å². The number of unbranched alkanes of at least 4 members (excludes halogenated alkanes) is 2. The van der Waals surface area contributed by atoms with Crippen molar-refractivity contribution in [2.75, 3.05) is 19.3 Å². The molecule has 47 heavy (non-hydrogen) atoms. The number of carbonyl (C=O) groups excluding carboxylic acids is 3. The quantitative estimate of drug-likeness (QED) is 0.193. The van der Waals surface area contributed by atoms with Crippen molar-refractivity contribution in [1.29, 1.82) is 0 Å². The van der Waals surface area contributed by atoms with Gasteiger partial charge in [-0.1, -0.05) is 67.1 Å². The third kappa shape index (κ3) is 8.67. The summed E-state index contributed by atoms with van der Waals surface area (Å²) in [6, 6.07) is 22.6. The molecule has 0 aliphatic carbocycles. The second-order valence-corrected chi connectivity index (χ2v) is 15.3. The zero-order valence-corrected chi connectivity index (χ0v) is 28.5. The summed E-state index contributed by atoms with van der Waals surface area (Å²) in [7, 11) is -3.49. The fraction of sp³-hybridized carbons (Fsp3) is 0.432. The molecule has 1 fully saturated rings. The summed E-state index contributed by atoms with van der Waals surface area (Å²) in [6.07, 6.45) is 5.86. The Morgan fingerprint density at radius 2 is 1.55 bits per heavy atom. The van der Waals surface area contributed by atoms with Gasteiger partial charge >= 0.3 is 6.09 Å². The SMILES string of the molecule is CC(C)(C)OC(=O)N1CCCC(NS(C)(=O)=O)C1Cc1cccc(-c2ccccc2CCCCCN2C(=O)c3ccccc3C2=O)c1. The molecule has 10 heteroatoms. The number of aryl methyl sites for hydroxylation is 1. The highest BCUT2D eigenvalue weighted by Crippen LogP contribution is 2.29. The van der Waals surface area contributed by atoms with Gasteiger partial charge in [-0.2, -0.15) is 0 Å². The molecule has 9 nitrogen and oxygen atoms in total. The first kappa shape index (κ1) is 34.3. The molecule has 0 aromatic heterocycles. The van der Waals surface area contributed by atoms with Crippen molar-refractivity contribution in [2.24, 2.45) is 0 Å². The molecule has 2 heterocycles. The van der Waals surface area contributed by atoms with Gasteiger partial charge in [0.25, 0.3) is 11.8 Å². The van der Waals surface area contributed by atoms with Crippen molar-refractivity contribution in [2.45, 2.75) is 83.4 Å². The van der Waals surface area contributed by atoms with E-state index in [1.165, 1.54) is 10.5 Å². The van der Waals surface area contributed by atoms with Gasteiger partial charge in [0, 0.05) is 19.1 Å². The van der Waals surface area contributed by atoms with Crippen LogP contribution in [0.25, 0.3) is 11.1 Å². The molecule has 2 atom stereocenters. The molecule has 0 saturated carbocycles. The lowest BCUT2D eigenvalue weighted by Crippen LogP contribution is -2.58. The Bertz CT molecular complexity index is 1700. The highest BCUT2D eigenvalue weighted by atomic mass is 32.2. The number of hydrogen-bond acceptors (Lipinski definition) is 6. The third-order valence-corrected chi connectivity index (χ3v) is 9.41. The van der Waals surface area contributed by atoms with Crippen LogP contribution in [0.1, 0.15) is 84.7 Å². The predicted molar refractivity (Wildman–Crippen MR) is 183 cm³/mol. The van der Waals surface area contributed by atoms with Gasteiger partial charge in [-0.05, 0) is 93.7 Å². The molecule has 5 rings (SSSR count). The van der Waals surface area contributed by atoms with E-state index in [0.717, 1.165) is 48.6 Å². The molecule has 0 bridgehead atoms. The summed E-state index contributed by atoms with van der Waals surface area (Å²) in [5.74, 6) is -0.423. The molecule has 3 aromatic rings. The second-order valence-electron chi connectivity index (χ2n) is 13.6. The number of amides is 3. The van der Waals surface area contributed by atoms with Gasteiger partial charge in [0.05, 0.1) is 23.4 Å². The van der Waals surface area contributed by atoms with Crippen molar-refractivity contribution in [3.05, 3.63) is 95.1 Å². The van der Waals surface area contributed by atoms with Gasteiger partial charge in [0.15, 0.2) is 0 Å². The van der Waals surface area contributed by atoms with E-state index in [4.69, 9.17) is 4.74 Å². The van der Waals surface area contributed by atoms with Gasteiger partial charge in [-0.15, -0.1) is 0 Å². The first-order valence-electron chi connectivity index (χ1n) is 16.4. The maximum atomic E-state index is 13.3. The van der Waals surface area contributed by atoms with Gasteiger partial charge in [0.1, 0.15) is 5.60 Å². The van der Waals surface area contributed by atoms with E-state index in [9.17, 15) is 22.8 Å². The number of ether oxygens (including phenoxy) is 1. The number of fused-ring (bicyclic) bond motifs is 1. The van der Waals surface area contributed by atoms with E-state index in [1.54, 1.807) is 29.2 Å². The Kier molecular flexibility index (Phi) is 10.5. The molecule has 0 radical (unpaired) electrons. The highest BCUT2D eigenvalue weighted by molar-refractivity contribution is 7.88. The van der Waals surface area contributed by atoms with Crippen LogP contribution in [0.5, 0.6) is 0 Å². The van der Waals surface area contributed by atoms with Crippen molar-refractivity contribution in [1.82, 2.24) is 14.5 Å².